The second-order valence-electron chi connectivity index (χ2n) is 9.44. The second kappa shape index (κ2) is 36.6. The minimum atomic E-state index is 0. The van der Waals surface area contributed by atoms with E-state index < -0.39 is 0 Å². The van der Waals surface area contributed by atoms with Crippen molar-refractivity contribution < 1.29 is 66.4 Å². The zero-order valence-electron chi connectivity index (χ0n) is 26.3. The number of nitrogens with zero attached hydrogens (tertiary/aromatic N) is 1. The van der Waals surface area contributed by atoms with Gasteiger partial charge in [-0.05, 0) is 56.7 Å². The van der Waals surface area contributed by atoms with Crippen LogP contribution in [0.25, 0.3) is 5.48 Å². The molecular formula is C31H58NO7Y-. The average molecular weight is 646 g/mol. The number of rotatable bonds is 24. The van der Waals surface area contributed by atoms with Crippen LogP contribution in [0.5, 0.6) is 5.75 Å². The summed E-state index contributed by atoms with van der Waals surface area (Å²) in [5, 5.41) is 7.00. The van der Waals surface area contributed by atoms with Gasteiger partial charge < -0.3 is 39.2 Å². The summed E-state index contributed by atoms with van der Waals surface area (Å²) in [7, 11) is 1.00. The van der Waals surface area contributed by atoms with Gasteiger partial charge in [-0.3, -0.25) is 0 Å². The van der Waals surface area contributed by atoms with Crippen LogP contribution in [0, 0.1) is 0 Å². The molecule has 8 nitrogen and oxygen atoms in total. The summed E-state index contributed by atoms with van der Waals surface area (Å²) >= 11 is 0. The van der Waals surface area contributed by atoms with Crippen molar-refractivity contribution in [3.05, 3.63) is 35.3 Å². The number of ether oxygens (including phenoxy) is 4. The number of carbonyl (C=O) groups is 1. The van der Waals surface area contributed by atoms with E-state index in [1.807, 2.05) is 38.1 Å². The maximum Gasteiger partial charge on any atom is 0.129 e. The monoisotopic (exact) mass is 645 g/mol. The maximum absolute atomic E-state index is 10.8. The summed E-state index contributed by atoms with van der Waals surface area (Å²) in [5.74, 6) is 1.16. The molecule has 9 heteroatoms. The smallest absolute Gasteiger partial charge is 0.129 e. The van der Waals surface area contributed by atoms with Crippen LogP contribution in [-0.2, 0) is 63.2 Å². The number of hydrogen-bond donors (Lipinski definition) is 1. The molecule has 1 radical (unpaired) electrons. The van der Waals surface area contributed by atoms with E-state index in [1.165, 1.54) is 6.42 Å². The van der Waals surface area contributed by atoms with Crippen molar-refractivity contribution in [3.63, 3.8) is 0 Å². The van der Waals surface area contributed by atoms with Gasteiger partial charge in [0.05, 0.1) is 39.6 Å². The Bertz CT molecular complexity index is 618. The van der Waals surface area contributed by atoms with Crippen molar-refractivity contribution in [2.75, 3.05) is 53.4 Å². The van der Waals surface area contributed by atoms with E-state index in [1.54, 1.807) is 6.92 Å². The molecule has 1 N–H and O–H groups in total. The predicted molar refractivity (Wildman–Crippen MR) is 159 cm³/mol. The molecule has 0 atom stereocenters. The van der Waals surface area contributed by atoms with Crippen molar-refractivity contribution in [1.82, 2.24) is 0 Å². The molecule has 1 aromatic rings. The number of Topliss-reactive ketones (excluding diaryl/α,β-unsaturated/α-hetero) is 1. The van der Waals surface area contributed by atoms with Crippen LogP contribution in [0.1, 0.15) is 98.0 Å². The Kier molecular flexibility index (Phi) is 40.2. The van der Waals surface area contributed by atoms with Crippen LogP contribution < -0.4 is 4.74 Å². The van der Waals surface area contributed by atoms with E-state index in [2.05, 4.69) is 19.3 Å². The molecule has 0 unspecified atom stereocenters. The van der Waals surface area contributed by atoms with E-state index in [9.17, 15) is 4.79 Å². The number of aliphatic hydroxyl groups is 1. The van der Waals surface area contributed by atoms with Crippen molar-refractivity contribution in [3.8, 4) is 5.75 Å². The number of hydrogen-bond acceptors (Lipinski definition) is 7. The molecule has 0 aliphatic heterocycles. The Balaban J connectivity index is -0.00000213. The molecule has 0 aliphatic carbocycles. The summed E-state index contributed by atoms with van der Waals surface area (Å²) in [4.78, 5) is 16.1. The SMILES string of the molecule is CC(=O)CCCCCOCCOCCOCCCCCCOc1ccc(CO[N-]C(C)C)cc1.CCC.CO.[Y]. The standard InChI is InChI=1S/C27H46NO6.C3H8.CH4O.Y/c1-24(2)28-34-23-26-12-14-27(15-13-26)33-18-10-5-4-8-16-30-19-21-32-22-20-31-17-9-6-7-11-25(3)29;1-3-2;1-2;/h12-15,24H,4-11,16-23H2,1-3H3;3H2,1-2H3;2H,1H3;/q-1;;;. The first-order valence-electron chi connectivity index (χ1n) is 14.7. The molecule has 1 rings (SSSR count). The van der Waals surface area contributed by atoms with Gasteiger partial charge >= 0.3 is 0 Å². The zero-order valence-corrected chi connectivity index (χ0v) is 29.2. The summed E-state index contributed by atoms with van der Waals surface area (Å²) in [5.41, 5.74) is 5.10. The Morgan fingerprint density at radius 2 is 1.20 bits per heavy atom. The third-order valence-electron chi connectivity index (χ3n) is 4.95. The molecule has 0 aromatic heterocycles. The molecule has 1 aromatic carbocycles. The number of carbonyl (C=O) groups excluding carboxylic acids is 1. The molecule has 0 heterocycles. The van der Waals surface area contributed by atoms with E-state index in [0.717, 1.165) is 83.2 Å². The van der Waals surface area contributed by atoms with Crippen LogP contribution in [-0.4, -0.2) is 70.3 Å². The van der Waals surface area contributed by atoms with E-state index in [-0.39, 0.29) is 44.5 Å². The molecular weight excluding hydrogens is 587 g/mol. The topological polar surface area (TPSA) is 97.6 Å². The predicted octanol–water partition coefficient (Wildman–Crippen LogP) is 7.06. The third kappa shape index (κ3) is 35.6. The zero-order chi connectivity index (χ0) is 29.4. The number of aliphatic hydroxyl groups excluding tert-OH is 1. The molecule has 0 saturated heterocycles. The quantitative estimate of drug-likeness (QED) is 0.0950. The summed E-state index contributed by atoms with van der Waals surface area (Å²) in [6, 6.07) is 8.18. The number of unbranched alkanes of at least 4 members (excludes halogenated alkanes) is 5. The molecule has 0 aliphatic rings. The van der Waals surface area contributed by atoms with Crippen LogP contribution in [0.4, 0.5) is 0 Å². The minimum absolute atomic E-state index is 0. The number of hydroxylamine groups is 1. The Morgan fingerprint density at radius 1 is 0.750 bits per heavy atom. The van der Waals surface area contributed by atoms with Gasteiger partial charge in [0.15, 0.2) is 0 Å². The van der Waals surface area contributed by atoms with Gasteiger partial charge in [0, 0.05) is 59.5 Å². The summed E-state index contributed by atoms with van der Waals surface area (Å²) in [6.45, 7) is 15.0. The third-order valence-corrected chi connectivity index (χ3v) is 4.95. The van der Waals surface area contributed by atoms with Gasteiger partial charge in [0.2, 0.25) is 0 Å². The van der Waals surface area contributed by atoms with Gasteiger partial charge in [0.25, 0.3) is 0 Å². The van der Waals surface area contributed by atoms with Crippen LogP contribution >= 0.6 is 0 Å². The van der Waals surface area contributed by atoms with Gasteiger partial charge in [-0.1, -0.05) is 59.1 Å². The van der Waals surface area contributed by atoms with Crippen molar-refractivity contribution >= 4 is 5.78 Å². The fourth-order valence-electron chi connectivity index (χ4n) is 3.09. The van der Waals surface area contributed by atoms with E-state index in [4.69, 9.17) is 28.9 Å². The fraction of sp³-hybridized carbons (Fsp3) is 0.774. The van der Waals surface area contributed by atoms with Crippen molar-refractivity contribution in [2.45, 2.75) is 105 Å². The van der Waals surface area contributed by atoms with Gasteiger partial charge in [0.1, 0.15) is 11.5 Å². The van der Waals surface area contributed by atoms with Gasteiger partial charge in [-0.2, -0.15) is 0 Å². The van der Waals surface area contributed by atoms with E-state index in [0.29, 0.717) is 39.5 Å². The van der Waals surface area contributed by atoms with Gasteiger partial charge in [-0.25, -0.2) is 0 Å². The first kappa shape index (κ1) is 44.0. The normalized spacial score (nSPS) is 10.2. The first-order valence-corrected chi connectivity index (χ1v) is 14.7. The molecule has 0 fully saturated rings. The summed E-state index contributed by atoms with van der Waals surface area (Å²) < 4.78 is 22.4. The Labute approximate surface area is 270 Å². The van der Waals surface area contributed by atoms with Crippen molar-refractivity contribution in [2.24, 2.45) is 0 Å². The molecule has 0 spiro atoms. The number of benzene rings is 1. The molecule has 0 bridgehead atoms. The largest absolute Gasteiger partial charge is 0.532 e. The first-order chi connectivity index (χ1) is 19.0. The minimum Gasteiger partial charge on any atom is -0.532 e. The van der Waals surface area contributed by atoms with Crippen molar-refractivity contribution in [1.29, 1.82) is 0 Å². The fourth-order valence-corrected chi connectivity index (χ4v) is 3.09. The molecule has 233 valence electrons. The Hall–Kier alpha value is -0.446. The summed E-state index contributed by atoms with van der Waals surface area (Å²) in [6.07, 6.45) is 9.31. The van der Waals surface area contributed by atoms with Crippen LogP contribution in [0.2, 0.25) is 0 Å². The van der Waals surface area contributed by atoms with Crippen LogP contribution in [0.15, 0.2) is 24.3 Å². The van der Waals surface area contributed by atoms with Crippen LogP contribution in [0.3, 0.4) is 0 Å². The average Bonchev–Trinajstić information content (AvgIpc) is 2.92. The number of ketones is 1. The molecule has 0 saturated carbocycles. The Morgan fingerprint density at radius 3 is 1.68 bits per heavy atom. The molecule has 0 amide bonds. The second-order valence-corrected chi connectivity index (χ2v) is 9.44. The molecule has 40 heavy (non-hydrogen) atoms. The van der Waals surface area contributed by atoms with E-state index >= 15 is 0 Å². The van der Waals surface area contributed by atoms with Gasteiger partial charge in [-0.15, -0.1) is 6.04 Å². The maximum atomic E-state index is 10.8.